The third-order valence-electron chi connectivity index (χ3n) is 4.87. The Bertz CT molecular complexity index is 774. The first-order valence-electron chi connectivity index (χ1n) is 10.0. The average Bonchev–Trinajstić information content (AvgIpc) is 2.79. The number of carbonyl (C=O) groups excluding carboxylic acids is 1. The van der Waals surface area contributed by atoms with Crippen molar-refractivity contribution in [1.82, 2.24) is 25.5 Å². The van der Waals surface area contributed by atoms with Crippen molar-refractivity contribution in [3.63, 3.8) is 0 Å². The van der Waals surface area contributed by atoms with Crippen molar-refractivity contribution in [3.05, 3.63) is 54.4 Å². The molecule has 0 aliphatic carbocycles. The molecule has 2 N–H and O–H groups in total. The predicted molar refractivity (Wildman–Crippen MR) is 115 cm³/mol. The van der Waals surface area contributed by atoms with Crippen LogP contribution in [0.25, 0.3) is 0 Å². The van der Waals surface area contributed by atoms with E-state index in [0.717, 1.165) is 38.0 Å². The quantitative estimate of drug-likeness (QED) is 0.536. The number of benzene rings is 1. The Morgan fingerprint density at radius 2 is 1.69 bits per heavy atom. The van der Waals surface area contributed by atoms with Crippen molar-refractivity contribution < 1.29 is 4.79 Å². The van der Waals surface area contributed by atoms with Crippen LogP contribution in [0.5, 0.6) is 0 Å². The Morgan fingerprint density at radius 1 is 1.00 bits per heavy atom. The molecule has 0 radical (unpaired) electrons. The number of amides is 1. The Hall–Kier alpha value is -3.16. The summed E-state index contributed by atoms with van der Waals surface area (Å²) in [7, 11) is 1.74. The van der Waals surface area contributed by atoms with Crippen molar-refractivity contribution in [3.8, 4) is 0 Å². The van der Waals surface area contributed by atoms with E-state index in [1.807, 2.05) is 23.1 Å². The van der Waals surface area contributed by atoms with Crippen LogP contribution in [-0.4, -0.2) is 73.1 Å². The number of hydrogen-bond donors (Lipinski definition) is 2. The number of aromatic nitrogens is 2. The fraction of sp³-hybridized carbons (Fsp3) is 0.429. The second-order valence-electron chi connectivity index (χ2n) is 6.83. The van der Waals surface area contributed by atoms with Gasteiger partial charge in [-0.15, -0.1) is 0 Å². The summed E-state index contributed by atoms with van der Waals surface area (Å²) in [5.74, 6) is 1.61. The summed E-state index contributed by atoms with van der Waals surface area (Å²) in [4.78, 5) is 29.3. The standard InChI is InChI=1S/C21H29N7O/c1-22-20(23-12-8-18-6-3-2-4-7-18)24-13-9-19(29)27-14-16-28(17-15-27)21-25-10-5-11-26-21/h2-7,10-11H,8-9,12-17H2,1H3,(H2,22,23,24). The fourth-order valence-corrected chi connectivity index (χ4v) is 3.25. The smallest absolute Gasteiger partial charge is 0.225 e. The third-order valence-corrected chi connectivity index (χ3v) is 4.87. The Balaban J connectivity index is 1.33. The van der Waals surface area contributed by atoms with E-state index in [1.165, 1.54) is 5.56 Å². The van der Waals surface area contributed by atoms with Crippen molar-refractivity contribution in [2.45, 2.75) is 12.8 Å². The fourth-order valence-electron chi connectivity index (χ4n) is 3.25. The summed E-state index contributed by atoms with van der Waals surface area (Å²) in [5.41, 5.74) is 1.28. The third kappa shape index (κ3) is 6.44. The maximum absolute atomic E-state index is 12.5. The Kier molecular flexibility index (Phi) is 7.80. The van der Waals surface area contributed by atoms with E-state index < -0.39 is 0 Å². The summed E-state index contributed by atoms with van der Waals surface area (Å²) in [5, 5.41) is 6.51. The van der Waals surface area contributed by atoms with Gasteiger partial charge in [0.1, 0.15) is 0 Å². The van der Waals surface area contributed by atoms with Gasteiger partial charge in [-0.2, -0.15) is 0 Å². The van der Waals surface area contributed by atoms with Gasteiger partial charge in [0.25, 0.3) is 0 Å². The van der Waals surface area contributed by atoms with Gasteiger partial charge in [0.15, 0.2) is 5.96 Å². The van der Waals surface area contributed by atoms with Crippen LogP contribution in [0.15, 0.2) is 53.8 Å². The number of rotatable bonds is 7. The molecule has 2 heterocycles. The second-order valence-corrected chi connectivity index (χ2v) is 6.83. The largest absolute Gasteiger partial charge is 0.356 e. The van der Waals surface area contributed by atoms with Crippen LogP contribution in [0.4, 0.5) is 5.95 Å². The molecule has 2 aromatic rings. The summed E-state index contributed by atoms with van der Waals surface area (Å²) in [6, 6.07) is 12.1. The van der Waals surface area contributed by atoms with Crippen LogP contribution < -0.4 is 15.5 Å². The van der Waals surface area contributed by atoms with Gasteiger partial charge in [0, 0.05) is 65.1 Å². The van der Waals surface area contributed by atoms with E-state index in [1.54, 1.807) is 25.5 Å². The summed E-state index contributed by atoms with van der Waals surface area (Å²) in [6.07, 6.45) is 4.86. The summed E-state index contributed by atoms with van der Waals surface area (Å²) >= 11 is 0. The van der Waals surface area contributed by atoms with E-state index in [4.69, 9.17) is 0 Å². The highest BCUT2D eigenvalue weighted by atomic mass is 16.2. The number of nitrogens with zero attached hydrogens (tertiary/aromatic N) is 5. The molecule has 8 nitrogen and oxygen atoms in total. The number of hydrogen-bond acceptors (Lipinski definition) is 5. The van der Waals surface area contributed by atoms with Crippen molar-refractivity contribution in [2.24, 2.45) is 4.99 Å². The average molecular weight is 396 g/mol. The highest BCUT2D eigenvalue weighted by Gasteiger charge is 2.22. The van der Waals surface area contributed by atoms with E-state index in [-0.39, 0.29) is 5.91 Å². The molecule has 1 aromatic carbocycles. The molecule has 29 heavy (non-hydrogen) atoms. The zero-order valence-electron chi connectivity index (χ0n) is 16.9. The number of piperazine rings is 1. The van der Waals surface area contributed by atoms with Crippen molar-refractivity contribution >= 4 is 17.8 Å². The first-order chi connectivity index (χ1) is 14.3. The molecule has 1 saturated heterocycles. The lowest BCUT2D eigenvalue weighted by Gasteiger charge is -2.34. The topological polar surface area (TPSA) is 85.8 Å². The van der Waals surface area contributed by atoms with Crippen molar-refractivity contribution in [1.29, 1.82) is 0 Å². The van der Waals surface area contributed by atoms with Crippen molar-refractivity contribution in [2.75, 3.05) is 51.2 Å². The predicted octanol–water partition coefficient (Wildman–Crippen LogP) is 0.923. The van der Waals surface area contributed by atoms with Crippen LogP contribution in [0, 0.1) is 0 Å². The second kappa shape index (κ2) is 11.0. The molecule has 1 aliphatic rings. The lowest BCUT2D eigenvalue weighted by molar-refractivity contribution is -0.131. The first kappa shape index (κ1) is 20.6. The highest BCUT2D eigenvalue weighted by Crippen LogP contribution is 2.10. The first-order valence-corrected chi connectivity index (χ1v) is 10.0. The maximum Gasteiger partial charge on any atom is 0.225 e. The molecular formula is C21H29N7O. The van der Waals surface area contributed by atoms with Gasteiger partial charge in [-0.05, 0) is 18.1 Å². The van der Waals surface area contributed by atoms with E-state index in [2.05, 4.69) is 42.6 Å². The van der Waals surface area contributed by atoms with E-state index in [9.17, 15) is 4.79 Å². The van der Waals surface area contributed by atoms with Crippen LogP contribution in [0.3, 0.4) is 0 Å². The van der Waals surface area contributed by atoms with Crippen LogP contribution in [0.2, 0.25) is 0 Å². The number of nitrogens with one attached hydrogen (secondary N) is 2. The molecule has 3 rings (SSSR count). The molecule has 0 atom stereocenters. The van der Waals surface area contributed by atoms with Crippen LogP contribution in [-0.2, 0) is 11.2 Å². The van der Waals surface area contributed by atoms with Gasteiger partial charge in [0.05, 0.1) is 0 Å². The number of aliphatic imine (C=N–C) groups is 1. The SMILES string of the molecule is CN=C(NCCC(=O)N1CCN(c2ncccn2)CC1)NCCc1ccccc1. The van der Waals surface area contributed by atoms with Crippen LogP contribution in [0.1, 0.15) is 12.0 Å². The van der Waals surface area contributed by atoms with Gasteiger partial charge in [-0.3, -0.25) is 9.79 Å². The molecule has 0 bridgehead atoms. The molecular weight excluding hydrogens is 366 g/mol. The van der Waals surface area contributed by atoms with Crippen LogP contribution >= 0.6 is 0 Å². The van der Waals surface area contributed by atoms with E-state index >= 15 is 0 Å². The summed E-state index contributed by atoms with van der Waals surface area (Å²) in [6.45, 7) is 4.26. The van der Waals surface area contributed by atoms with E-state index in [0.29, 0.717) is 26.1 Å². The maximum atomic E-state index is 12.5. The minimum Gasteiger partial charge on any atom is -0.356 e. The highest BCUT2D eigenvalue weighted by molar-refractivity contribution is 5.81. The molecule has 8 heteroatoms. The number of anilines is 1. The normalized spacial score (nSPS) is 14.6. The zero-order valence-corrected chi connectivity index (χ0v) is 16.9. The van der Waals surface area contributed by atoms with Gasteiger partial charge in [-0.25, -0.2) is 9.97 Å². The molecule has 154 valence electrons. The number of guanidine groups is 1. The van der Waals surface area contributed by atoms with Gasteiger partial charge >= 0.3 is 0 Å². The molecule has 1 amide bonds. The lowest BCUT2D eigenvalue weighted by Crippen LogP contribution is -2.50. The zero-order chi connectivity index (χ0) is 20.3. The minimum absolute atomic E-state index is 0.158. The molecule has 0 unspecified atom stereocenters. The monoisotopic (exact) mass is 395 g/mol. The molecule has 0 spiro atoms. The Morgan fingerprint density at radius 3 is 2.38 bits per heavy atom. The lowest BCUT2D eigenvalue weighted by atomic mass is 10.1. The van der Waals surface area contributed by atoms with Gasteiger partial charge in [-0.1, -0.05) is 30.3 Å². The molecule has 1 fully saturated rings. The molecule has 0 saturated carbocycles. The molecule has 1 aliphatic heterocycles. The minimum atomic E-state index is 0.158. The van der Waals surface area contributed by atoms with Gasteiger partial charge < -0.3 is 20.4 Å². The summed E-state index contributed by atoms with van der Waals surface area (Å²) < 4.78 is 0. The number of carbonyl (C=O) groups is 1. The Labute approximate surface area is 172 Å². The van der Waals surface area contributed by atoms with Gasteiger partial charge in [0.2, 0.25) is 11.9 Å². The molecule has 1 aromatic heterocycles.